The molecular weight excluding hydrogens is 236 g/mol. The zero-order valence-corrected chi connectivity index (χ0v) is 11.2. The van der Waals surface area contributed by atoms with E-state index >= 15 is 0 Å². The fraction of sp³-hybridized carbons (Fsp3) is 0.571. The molecule has 0 heterocycles. The van der Waals surface area contributed by atoms with Gasteiger partial charge in [-0.2, -0.15) is 8.78 Å². The van der Waals surface area contributed by atoms with Crippen molar-refractivity contribution >= 4 is 0 Å². The van der Waals surface area contributed by atoms with Crippen molar-refractivity contribution in [2.24, 2.45) is 5.73 Å². The van der Waals surface area contributed by atoms with Gasteiger partial charge in [0.1, 0.15) is 6.61 Å². The molecule has 1 aromatic rings. The second-order valence-corrected chi connectivity index (χ2v) is 4.00. The van der Waals surface area contributed by atoms with Gasteiger partial charge in [0.2, 0.25) is 0 Å². The molecule has 0 bridgehead atoms. The van der Waals surface area contributed by atoms with Crippen molar-refractivity contribution in [2.45, 2.75) is 32.1 Å². The van der Waals surface area contributed by atoms with Crippen LogP contribution in [0.1, 0.15) is 31.7 Å². The Morgan fingerprint density at radius 2 is 1.78 bits per heavy atom. The maximum absolute atomic E-state index is 13.0. The second kappa shape index (κ2) is 9.97. The van der Waals surface area contributed by atoms with E-state index in [-0.39, 0.29) is 5.56 Å². The summed E-state index contributed by atoms with van der Waals surface area (Å²) in [4.78, 5) is 0. The van der Waals surface area contributed by atoms with Crippen LogP contribution in [0.25, 0.3) is 0 Å². The van der Waals surface area contributed by atoms with Gasteiger partial charge < -0.3 is 10.5 Å². The van der Waals surface area contributed by atoms with Crippen LogP contribution in [0.2, 0.25) is 0 Å². The molecule has 0 radical (unpaired) electrons. The number of hydrogen-bond donors (Lipinski definition) is 1. The molecule has 0 aliphatic carbocycles. The number of unbranched alkanes of at least 4 members (excludes halogenated alkanes) is 2. The molecule has 0 fully saturated rings. The lowest BCUT2D eigenvalue weighted by molar-refractivity contribution is -0.0697. The maximum atomic E-state index is 13.0. The highest BCUT2D eigenvalue weighted by atomic mass is 19.3. The molecule has 0 saturated carbocycles. The van der Waals surface area contributed by atoms with Crippen LogP contribution in [0.3, 0.4) is 0 Å². The lowest BCUT2D eigenvalue weighted by Crippen LogP contribution is -2.19. The van der Waals surface area contributed by atoms with Gasteiger partial charge >= 0.3 is 0 Å². The molecule has 18 heavy (non-hydrogen) atoms. The molecule has 104 valence electrons. The first-order valence-electron chi connectivity index (χ1n) is 6.20. The molecule has 2 nitrogen and oxygen atoms in total. The number of methoxy groups -OCH3 is 1. The first kappa shape index (κ1) is 17.0. The van der Waals surface area contributed by atoms with E-state index in [9.17, 15) is 8.78 Å². The highest BCUT2D eigenvalue weighted by Crippen LogP contribution is 2.27. The number of ether oxygens (including phenoxy) is 1. The van der Waals surface area contributed by atoms with Crippen LogP contribution in [-0.4, -0.2) is 20.3 Å². The summed E-state index contributed by atoms with van der Waals surface area (Å²) < 4.78 is 30.5. The Bertz CT molecular complexity index is 287. The molecule has 1 aromatic carbocycles. The smallest absolute Gasteiger partial charge is 0.296 e. The van der Waals surface area contributed by atoms with Crippen molar-refractivity contribution < 1.29 is 13.5 Å². The molecule has 1 rings (SSSR count). The van der Waals surface area contributed by atoms with Crippen LogP contribution < -0.4 is 5.73 Å². The third-order valence-electron chi connectivity index (χ3n) is 2.33. The summed E-state index contributed by atoms with van der Waals surface area (Å²) in [7, 11) is 1.26. The largest absolute Gasteiger partial charge is 0.378 e. The van der Waals surface area contributed by atoms with Gasteiger partial charge in [0.05, 0.1) is 0 Å². The third kappa shape index (κ3) is 7.35. The molecule has 0 saturated heterocycles. The number of alkyl halides is 2. The lowest BCUT2D eigenvalue weighted by Gasteiger charge is -2.14. The topological polar surface area (TPSA) is 35.2 Å². The van der Waals surface area contributed by atoms with Crippen molar-refractivity contribution in [3.63, 3.8) is 0 Å². The van der Waals surface area contributed by atoms with E-state index in [0.29, 0.717) is 0 Å². The molecule has 0 amide bonds. The average Bonchev–Trinajstić information content (AvgIpc) is 2.38. The van der Waals surface area contributed by atoms with E-state index < -0.39 is 12.5 Å². The Morgan fingerprint density at radius 3 is 2.17 bits per heavy atom. The van der Waals surface area contributed by atoms with E-state index in [2.05, 4.69) is 11.7 Å². The summed E-state index contributed by atoms with van der Waals surface area (Å²) in [6.45, 7) is 2.46. The van der Waals surface area contributed by atoms with Gasteiger partial charge in [-0.1, -0.05) is 50.1 Å². The van der Waals surface area contributed by atoms with Crippen LogP contribution in [0, 0.1) is 0 Å². The van der Waals surface area contributed by atoms with Crippen LogP contribution in [0.4, 0.5) is 8.78 Å². The van der Waals surface area contributed by atoms with Gasteiger partial charge in [-0.15, -0.1) is 0 Å². The first-order valence-corrected chi connectivity index (χ1v) is 6.20. The predicted octanol–water partition coefficient (Wildman–Crippen LogP) is 3.56. The van der Waals surface area contributed by atoms with E-state index in [0.717, 1.165) is 6.54 Å². The van der Waals surface area contributed by atoms with E-state index in [1.54, 1.807) is 18.2 Å². The number of nitrogens with two attached hydrogens (primary N) is 1. The van der Waals surface area contributed by atoms with Crippen molar-refractivity contribution in [1.82, 2.24) is 0 Å². The molecule has 0 unspecified atom stereocenters. The van der Waals surface area contributed by atoms with Crippen molar-refractivity contribution in [3.05, 3.63) is 35.9 Å². The van der Waals surface area contributed by atoms with Crippen LogP contribution in [-0.2, 0) is 10.7 Å². The fourth-order valence-electron chi connectivity index (χ4n) is 1.34. The minimum Gasteiger partial charge on any atom is -0.378 e. The van der Waals surface area contributed by atoms with Gasteiger partial charge in [-0.3, -0.25) is 0 Å². The van der Waals surface area contributed by atoms with Gasteiger partial charge in [-0.05, 0) is 13.0 Å². The summed E-state index contributed by atoms with van der Waals surface area (Å²) in [5, 5.41) is 0. The van der Waals surface area contributed by atoms with Gasteiger partial charge in [0.15, 0.2) is 0 Å². The van der Waals surface area contributed by atoms with E-state index in [4.69, 9.17) is 5.73 Å². The van der Waals surface area contributed by atoms with E-state index in [1.807, 2.05) is 0 Å². The van der Waals surface area contributed by atoms with Crippen molar-refractivity contribution in [1.29, 1.82) is 0 Å². The quantitative estimate of drug-likeness (QED) is 0.793. The minimum absolute atomic E-state index is 0.00755. The Hall–Kier alpha value is -1.00. The van der Waals surface area contributed by atoms with Crippen molar-refractivity contribution in [3.8, 4) is 0 Å². The molecule has 0 aromatic heterocycles. The van der Waals surface area contributed by atoms with Crippen LogP contribution in [0.5, 0.6) is 0 Å². The number of halogens is 2. The normalized spacial score (nSPS) is 10.7. The molecule has 0 aliphatic heterocycles. The Balaban J connectivity index is 0.000000411. The monoisotopic (exact) mass is 259 g/mol. The molecule has 0 spiro atoms. The molecule has 2 N–H and O–H groups in total. The highest BCUT2D eigenvalue weighted by molar-refractivity contribution is 5.19. The summed E-state index contributed by atoms with van der Waals surface area (Å²) >= 11 is 0. The number of hydrogen-bond acceptors (Lipinski definition) is 2. The summed E-state index contributed by atoms with van der Waals surface area (Å²) in [6, 6.07) is 7.64. The van der Waals surface area contributed by atoms with Crippen molar-refractivity contribution in [2.75, 3.05) is 20.3 Å². The fourth-order valence-corrected chi connectivity index (χ4v) is 1.34. The van der Waals surface area contributed by atoms with Gasteiger partial charge in [0, 0.05) is 12.7 Å². The van der Waals surface area contributed by atoms with E-state index in [1.165, 1.54) is 38.5 Å². The zero-order chi connectivity index (χ0) is 13.9. The zero-order valence-electron chi connectivity index (χ0n) is 11.2. The summed E-state index contributed by atoms with van der Waals surface area (Å²) in [5.41, 5.74) is 5.21. The molecular formula is C14H23F2NO. The summed E-state index contributed by atoms with van der Waals surface area (Å²) in [6.07, 6.45) is 3.75. The third-order valence-corrected chi connectivity index (χ3v) is 2.33. The molecule has 0 atom stereocenters. The second-order valence-electron chi connectivity index (χ2n) is 4.00. The number of rotatable bonds is 6. The van der Waals surface area contributed by atoms with Crippen LogP contribution in [0.15, 0.2) is 30.3 Å². The first-order chi connectivity index (χ1) is 8.58. The lowest BCUT2D eigenvalue weighted by atomic mass is 10.1. The Morgan fingerprint density at radius 1 is 1.17 bits per heavy atom. The molecule has 4 heteroatoms. The molecule has 0 aliphatic rings. The Labute approximate surface area is 108 Å². The maximum Gasteiger partial charge on any atom is 0.296 e. The number of benzene rings is 1. The predicted molar refractivity (Wildman–Crippen MR) is 70.8 cm³/mol. The summed E-state index contributed by atoms with van der Waals surface area (Å²) in [5.74, 6) is -2.88. The standard InChI is InChI=1S/C9H10F2O.C5H13N/c1-12-7-9(10,11)8-5-3-2-4-6-8;1-2-3-4-5-6/h2-6H,7H2,1H3;2-6H2,1H3. The van der Waals surface area contributed by atoms with Gasteiger partial charge in [0.25, 0.3) is 5.92 Å². The SMILES string of the molecule is CCCCCN.COCC(F)(F)c1ccccc1. The highest BCUT2D eigenvalue weighted by Gasteiger charge is 2.30. The van der Waals surface area contributed by atoms with Gasteiger partial charge in [-0.25, -0.2) is 0 Å². The minimum atomic E-state index is -2.88. The Kier molecular flexibility index (Phi) is 9.42. The van der Waals surface area contributed by atoms with Crippen LogP contribution >= 0.6 is 0 Å². The average molecular weight is 259 g/mol.